The maximum Gasteiger partial charge on any atom is 0.288 e. The molecule has 0 saturated heterocycles. The monoisotopic (exact) mass is 310 g/mol. The van der Waals surface area contributed by atoms with E-state index in [1.807, 2.05) is 0 Å². The van der Waals surface area contributed by atoms with Crippen LogP contribution in [0.5, 0.6) is 0 Å². The van der Waals surface area contributed by atoms with Crippen molar-refractivity contribution in [1.82, 2.24) is 0 Å². The lowest BCUT2D eigenvalue weighted by Crippen LogP contribution is -2.13. The molecule has 7 heteroatoms. The van der Waals surface area contributed by atoms with Crippen LogP contribution in [0.4, 0.5) is 11.4 Å². The van der Waals surface area contributed by atoms with Crippen LogP contribution in [0.15, 0.2) is 42.5 Å². The van der Waals surface area contributed by atoms with Gasteiger partial charge in [0.1, 0.15) is 5.02 Å². The summed E-state index contributed by atoms with van der Waals surface area (Å²) in [5.74, 6) is -0.602. The summed E-state index contributed by atoms with van der Waals surface area (Å²) in [7, 11) is 0. The Bertz CT molecular complexity index is 675. The van der Waals surface area contributed by atoms with Crippen molar-refractivity contribution >= 4 is 40.5 Å². The van der Waals surface area contributed by atoms with Gasteiger partial charge in [-0.3, -0.25) is 14.9 Å². The Morgan fingerprint density at radius 3 is 2.35 bits per heavy atom. The smallest absolute Gasteiger partial charge is 0.288 e. The number of amides is 1. The van der Waals surface area contributed by atoms with Gasteiger partial charge in [0.25, 0.3) is 11.6 Å². The third kappa shape index (κ3) is 2.89. The first kappa shape index (κ1) is 14.3. The van der Waals surface area contributed by atoms with Gasteiger partial charge in [-0.2, -0.15) is 0 Å². The predicted molar refractivity (Wildman–Crippen MR) is 77.5 cm³/mol. The van der Waals surface area contributed by atoms with E-state index in [9.17, 15) is 14.9 Å². The molecule has 0 atom stereocenters. The first-order chi connectivity index (χ1) is 9.50. The molecule has 0 saturated carbocycles. The Hall–Kier alpha value is -2.11. The quantitative estimate of drug-likeness (QED) is 0.683. The SMILES string of the molecule is O=C(Nc1ccccc1)c1c(Cl)ccc([N+](=O)[O-])c1Cl. The molecule has 2 rings (SSSR count). The number of hydrogen-bond donors (Lipinski definition) is 1. The highest BCUT2D eigenvalue weighted by molar-refractivity contribution is 6.41. The zero-order valence-electron chi connectivity index (χ0n) is 9.97. The van der Waals surface area contributed by atoms with Gasteiger partial charge in [0.2, 0.25) is 0 Å². The number of carbonyl (C=O) groups excluding carboxylic acids is 1. The molecule has 2 aromatic rings. The zero-order chi connectivity index (χ0) is 14.7. The summed E-state index contributed by atoms with van der Waals surface area (Å²) in [5, 5.41) is 13.2. The molecule has 0 aliphatic heterocycles. The summed E-state index contributed by atoms with van der Waals surface area (Å²) in [4.78, 5) is 22.3. The normalized spacial score (nSPS) is 10.1. The molecular weight excluding hydrogens is 303 g/mol. The summed E-state index contributed by atoms with van der Waals surface area (Å²) >= 11 is 11.8. The van der Waals surface area contributed by atoms with Crippen molar-refractivity contribution in [3.8, 4) is 0 Å². The minimum absolute atomic E-state index is 0.0500. The topological polar surface area (TPSA) is 72.2 Å². The van der Waals surface area contributed by atoms with Crippen molar-refractivity contribution in [3.05, 3.63) is 68.2 Å². The van der Waals surface area contributed by atoms with Crippen molar-refractivity contribution in [3.63, 3.8) is 0 Å². The van der Waals surface area contributed by atoms with Gasteiger partial charge in [0.15, 0.2) is 0 Å². The number of hydrogen-bond acceptors (Lipinski definition) is 3. The van der Waals surface area contributed by atoms with Crippen molar-refractivity contribution in [2.75, 3.05) is 5.32 Å². The van der Waals surface area contributed by atoms with E-state index in [4.69, 9.17) is 23.2 Å². The van der Waals surface area contributed by atoms with E-state index in [-0.39, 0.29) is 21.3 Å². The zero-order valence-corrected chi connectivity index (χ0v) is 11.5. The van der Waals surface area contributed by atoms with E-state index in [1.165, 1.54) is 6.07 Å². The number of nitro groups is 1. The molecule has 0 aliphatic rings. The molecule has 0 unspecified atom stereocenters. The number of anilines is 1. The Morgan fingerprint density at radius 1 is 1.10 bits per heavy atom. The summed E-state index contributed by atoms with van der Waals surface area (Å²) < 4.78 is 0. The molecule has 102 valence electrons. The van der Waals surface area contributed by atoms with Gasteiger partial charge < -0.3 is 5.32 Å². The van der Waals surface area contributed by atoms with Crippen LogP contribution in [-0.2, 0) is 0 Å². The third-order valence-corrected chi connectivity index (χ3v) is 3.22. The summed E-state index contributed by atoms with van der Waals surface area (Å²) in [5.41, 5.74) is 0.0526. The van der Waals surface area contributed by atoms with E-state index in [2.05, 4.69) is 5.32 Å². The number of benzene rings is 2. The third-order valence-electron chi connectivity index (χ3n) is 2.53. The van der Waals surface area contributed by atoms with E-state index >= 15 is 0 Å². The molecule has 0 radical (unpaired) electrons. The Labute approximate surface area is 124 Å². The van der Waals surface area contributed by atoms with Gasteiger partial charge in [-0.05, 0) is 18.2 Å². The Balaban J connectivity index is 2.39. The van der Waals surface area contributed by atoms with Gasteiger partial charge in [0.05, 0.1) is 15.5 Å². The lowest BCUT2D eigenvalue weighted by atomic mass is 10.1. The van der Waals surface area contributed by atoms with Gasteiger partial charge in [-0.25, -0.2) is 0 Å². The largest absolute Gasteiger partial charge is 0.322 e. The van der Waals surface area contributed by atoms with Crippen LogP contribution in [0.25, 0.3) is 0 Å². The van der Waals surface area contributed by atoms with Gasteiger partial charge in [-0.1, -0.05) is 41.4 Å². The van der Waals surface area contributed by atoms with Crippen molar-refractivity contribution in [2.45, 2.75) is 0 Å². The van der Waals surface area contributed by atoms with Crippen LogP contribution in [0, 0.1) is 10.1 Å². The summed E-state index contributed by atoms with van der Waals surface area (Å²) in [6.45, 7) is 0. The number of nitrogens with one attached hydrogen (secondary N) is 1. The van der Waals surface area contributed by atoms with E-state index in [1.54, 1.807) is 30.3 Å². The first-order valence-corrected chi connectivity index (χ1v) is 6.25. The standard InChI is InChI=1S/C13H8Cl2N2O3/c14-9-6-7-10(17(19)20)12(15)11(9)13(18)16-8-4-2-1-3-5-8/h1-7H,(H,16,18). The van der Waals surface area contributed by atoms with E-state index < -0.39 is 10.8 Å². The van der Waals surface area contributed by atoms with Crippen LogP contribution in [0.1, 0.15) is 10.4 Å². The lowest BCUT2D eigenvalue weighted by Gasteiger charge is -2.08. The van der Waals surface area contributed by atoms with Crippen LogP contribution in [0.3, 0.4) is 0 Å². The van der Waals surface area contributed by atoms with Crippen molar-refractivity contribution < 1.29 is 9.72 Å². The van der Waals surface area contributed by atoms with Crippen LogP contribution in [0.2, 0.25) is 10.0 Å². The minimum Gasteiger partial charge on any atom is -0.322 e. The summed E-state index contributed by atoms with van der Waals surface area (Å²) in [6.07, 6.45) is 0. The highest BCUT2D eigenvalue weighted by Crippen LogP contribution is 2.33. The second-order valence-electron chi connectivity index (χ2n) is 3.83. The highest BCUT2D eigenvalue weighted by Gasteiger charge is 2.23. The molecule has 0 spiro atoms. The second kappa shape index (κ2) is 5.90. The molecular formula is C13H8Cl2N2O3. The van der Waals surface area contributed by atoms with Crippen molar-refractivity contribution in [2.24, 2.45) is 0 Å². The number of para-hydroxylation sites is 1. The molecule has 20 heavy (non-hydrogen) atoms. The second-order valence-corrected chi connectivity index (χ2v) is 4.62. The molecule has 0 heterocycles. The molecule has 1 amide bonds. The lowest BCUT2D eigenvalue weighted by molar-refractivity contribution is -0.384. The average Bonchev–Trinajstić information content (AvgIpc) is 2.39. The fourth-order valence-electron chi connectivity index (χ4n) is 1.61. The molecule has 1 N–H and O–H groups in total. The molecule has 5 nitrogen and oxygen atoms in total. The Kier molecular flexibility index (Phi) is 4.22. The van der Waals surface area contributed by atoms with Gasteiger partial charge >= 0.3 is 0 Å². The Morgan fingerprint density at radius 2 is 1.75 bits per heavy atom. The average molecular weight is 311 g/mol. The predicted octanol–water partition coefficient (Wildman–Crippen LogP) is 4.15. The maximum atomic E-state index is 12.1. The summed E-state index contributed by atoms with van der Waals surface area (Å²) in [6, 6.07) is 11.1. The number of halogens is 2. The van der Waals surface area contributed by atoms with Gasteiger partial charge in [-0.15, -0.1) is 0 Å². The molecule has 2 aromatic carbocycles. The van der Waals surface area contributed by atoms with E-state index in [0.717, 1.165) is 6.07 Å². The molecule has 0 fully saturated rings. The van der Waals surface area contributed by atoms with Crippen LogP contribution in [-0.4, -0.2) is 10.8 Å². The number of rotatable bonds is 3. The highest BCUT2D eigenvalue weighted by atomic mass is 35.5. The first-order valence-electron chi connectivity index (χ1n) is 5.49. The maximum absolute atomic E-state index is 12.1. The fourth-order valence-corrected chi connectivity index (χ4v) is 2.22. The molecule has 0 aliphatic carbocycles. The number of nitro benzene ring substituents is 1. The molecule has 0 bridgehead atoms. The van der Waals surface area contributed by atoms with Crippen LogP contribution >= 0.6 is 23.2 Å². The van der Waals surface area contributed by atoms with E-state index in [0.29, 0.717) is 5.69 Å². The molecule has 0 aromatic heterocycles. The number of carbonyl (C=O) groups is 1. The van der Waals surface area contributed by atoms with Gasteiger partial charge in [0, 0.05) is 11.8 Å². The van der Waals surface area contributed by atoms with Crippen LogP contribution < -0.4 is 5.32 Å². The number of nitrogens with zero attached hydrogens (tertiary/aromatic N) is 1. The fraction of sp³-hybridized carbons (Fsp3) is 0. The minimum atomic E-state index is -0.669. The van der Waals surface area contributed by atoms with Crippen molar-refractivity contribution in [1.29, 1.82) is 0 Å².